The molecule has 3 unspecified atom stereocenters. The predicted molar refractivity (Wildman–Crippen MR) is 75.8 cm³/mol. The van der Waals surface area contributed by atoms with Crippen LogP contribution in [0.2, 0.25) is 0 Å². The van der Waals surface area contributed by atoms with Crippen molar-refractivity contribution in [3.05, 3.63) is 35.6 Å². The van der Waals surface area contributed by atoms with Gasteiger partial charge in [0.25, 0.3) is 0 Å². The first-order valence-corrected chi connectivity index (χ1v) is 7.33. The largest absolute Gasteiger partial charge is 0.374 e. The fourth-order valence-electron chi connectivity index (χ4n) is 2.70. The second kappa shape index (κ2) is 7.01. The van der Waals surface area contributed by atoms with E-state index in [0.29, 0.717) is 12.5 Å². The summed E-state index contributed by atoms with van der Waals surface area (Å²) in [5.41, 5.74) is 0.777. The van der Waals surface area contributed by atoms with Gasteiger partial charge >= 0.3 is 0 Å². The van der Waals surface area contributed by atoms with Crippen LogP contribution >= 0.6 is 0 Å². The summed E-state index contributed by atoms with van der Waals surface area (Å²) in [4.78, 5) is 0. The third-order valence-corrected chi connectivity index (χ3v) is 3.77. The minimum absolute atomic E-state index is 0.114. The van der Waals surface area contributed by atoms with Gasteiger partial charge in [-0.3, -0.25) is 0 Å². The zero-order valence-electron chi connectivity index (χ0n) is 11.9. The van der Waals surface area contributed by atoms with E-state index in [1.165, 1.54) is 6.07 Å². The molecule has 1 aliphatic rings. The van der Waals surface area contributed by atoms with E-state index in [0.717, 1.165) is 31.4 Å². The molecule has 0 aromatic heterocycles. The Balaban J connectivity index is 2.03. The molecule has 106 valence electrons. The van der Waals surface area contributed by atoms with E-state index in [-0.39, 0.29) is 18.0 Å². The van der Waals surface area contributed by atoms with E-state index in [1.807, 2.05) is 12.1 Å². The van der Waals surface area contributed by atoms with Crippen LogP contribution in [0.4, 0.5) is 4.39 Å². The van der Waals surface area contributed by atoms with Gasteiger partial charge in [0.15, 0.2) is 0 Å². The minimum atomic E-state index is -0.114. The predicted octanol–water partition coefficient (Wildman–Crippen LogP) is 3.30. The Hall–Kier alpha value is -0.930. The van der Waals surface area contributed by atoms with Crippen molar-refractivity contribution in [1.29, 1.82) is 0 Å². The Kier molecular flexibility index (Phi) is 5.34. The van der Waals surface area contributed by atoms with Crippen LogP contribution in [0, 0.1) is 5.82 Å². The summed E-state index contributed by atoms with van der Waals surface area (Å²) in [5.74, 6) is -0.114. The van der Waals surface area contributed by atoms with Crippen LogP contribution in [0.1, 0.15) is 38.7 Å². The molecule has 1 heterocycles. The molecule has 19 heavy (non-hydrogen) atoms. The molecule has 3 atom stereocenters. The fraction of sp³-hybridized carbons (Fsp3) is 0.625. The molecule has 0 amide bonds. The molecule has 0 bridgehead atoms. The first-order valence-electron chi connectivity index (χ1n) is 7.33. The highest BCUT2D eigenvalue weighted by Crippen LogP contribution is 2.24. The quantitative estimate of drug-likeness (QED) is 0.852. The topological polar surface area (TPSA) is 21.3 Å². The number of hydrogen-bond acceptors (Lipinski definition) is 2. The Morgan fingerprint density at radius 3 is 2.79 bits per heavy atom. The average Bonchev–Trinajstić information content (AvgIpc) is 2.83. The maximum atomic E-state index is 13.8. The molecule has 3 heteroatoms. The molecule has 2 nitrogen and oxygen atoms in total. The second-order valence-electron chi connectivity index (χ2n) is 5.42. The summed E-state index contributed by atoms with van der Waals surface area (Å²) in [7, 11) is 0. The highest BCUT2D eigenvalue weighted by atomic mass is 19.1. The molecule has 1 saturated heterocycles. The molecule has 0 saturated carbocycles. The minimum Gasteiger partial charge on any atom is -0.374 e. The van der Waals surface area contributed by atoms with E-state index in [4.69, 9.17) is 4.74 Å². The van der Waals surface area contributed by atoms with Gasteiger partial charge in [0.05, 0.1) is 12.2 Å². The molecule has 0 spiro atoms. The van der Waals surface area contributed by atoms with Crippen molar-refractivity contribution in [3.63, 3.8) is 0 Å². The summed E-state index contributed by atoms with van der Waals surface area (Å²) in [6.45, 7) is 5.21. The van der Waals surface area contributed by atoms with E-state index >= 15 is 0 Å². The van der Waals surface area contributed by atoms with Gasteiger partial charge < -0.3 is 10.1 Å². The van der Waals surface area contributed by atoms with Gasteiger partial charge in [0.2, 0.25) is 0 Å². The van der Waals surface area contributed by atoms with Gasteiger partial charge in [-0.1, -0.05) is 25.1 Å². The summed E-state index contributed by atoms with van der Waals surface area (Å²) in [6, 6.07) is 7.25. The van der Waals surface area contributed by atoms with Crippen molar-refractivity contribution in [2.45, 2.75) is 57.8 Å². The fourth-order valence-corrected chi connectivity index (χ4v) is 2.70. The number of ether oxygens (including phenoxy) is 1. The van der Waals surface area contributed by atoms with Crippen LogP contribution in [0.3, 0.4) is 0 Å². The van der Waals surface area contributed by atoms with Crippen molar-refractivity contribution < 1.29 is 9.13 Å². The first kappa shape index (κ1) is 14.5. The van der Waals surface area contributed by atoms with Crippen LogP contribution in [-0.2, 0) is 11.2 Å². The monoisotopic (exact) mass is 265 g/mol. The van der Waals surface area contributed by atoms with E-state index in [1.54, 1.807) is 6.07 Å². The van der Waals surface area contributed by atoms with Crippen molar-refractivity contribution in [2.24, 2.45) is 0 Å². The average molecular weight is 265 g/mol. The number of hydrogen-bond donors (Lipinski definition) is 1. The maximum absolute atomic E-state index is 13.8. The lowest BCUT2D eigenvalue weighted by Gasteiger charge is -2.25. The second-order valence-corrected chi connectivity index (χ2v) is 5.42. The van der Waals surface area contributed by atoms with E-state index < -0.39 is 0 Å². The maximum Gasteiger partial charge on any atom is 0.126 e. The normalized spacial score (nSPS) is 24.6. The van der Waals surface area contributed by atoms with Gasteiger partial charge in [-0.25, -0.2) is 4.39 Å². The molecule has 2 rings (SSSR count). The summed E-state index contributed by atoms with van der Waals surface area (Å²) < 4.78 is 19.7. The van der Waals surface area contributed by atoms with Gasteiger partial charge in [0, 0.05) is 6.04 Å². The van der Waals surface area contributed by atoms with Crippen LogP contribution in [0.15, 0.2) is 24.3 Å². The van der Waals surface area contributed by atoms with Crippen LogP contribution < -0.4 is 5.32 Å². The Morgan fingerprint density at radius 2 is 2.16 bits per heavy atom. The summed E-state index contributed by atoms with van der Waals surface area (Å²) in [6.07, 6.45) is 4.49. The lowest BCUT2D eigenvalue weighted by Crippen LogP contribution is -2.42. The first-order chi connectivity index (χ1) is 9.20. The van der Waals surface area contributed by atoms with Crippen LogP contribution in [0.5, 0.6) is 0 Å². The molecule has 1 aromatic rings. The Labute approximate surface area is 115 Å². The number of halogens is 1. The van der Waals surface area contributed by atoms with E-state index in [2.05, 4.69) is 19.2 Å². The molecular formula is C16H24FNO. The van der Waals surface area contributed by atoms with Crippen molar-refractivity contribution in [2.75, 3.05) is 6.54 Å². The molecule has 1 N–H and O–H groups in total. The molecule has 0 aliphatic carbocycles. The summed E-state index contributed by atoms with van der Waals surface area (Å²) >= 11 is 0. The van der Waals surface area contributed by atoms with Crippen LogP contribution in [0.25, 0.3) is 0 Å². The lowest BCUT2D eigenvalue weighted by atomic mass is 9.98. The Bertz CT molecular complexity index is 396. The highest BCUT2D eigenvalue weighted by Gasteiger charge is 2.29. The number of nitrogens with one attached hydrogen (secondary N) is 1. The smallest absolute Gasteiger partial charge is 0.126 e. The molecule has 1 fully saturated rings. The highest BCUT2D eigenvalue weighted by molar-refractivity contribution is 5.19. The van der Waals surface area contributed by atoms with Gasteiger partial charge in [-0.05, 0) is 50.8 Å². The third-order valence-electron chi connectivity index (χ3n) is 3.77. The SMILES string of the molecule is CCCNC(Cc1ccccc1F)C1CCC(C)O1. The lowest BCUT2D eigenvalue weighted by molar-refractivity contribution is 0.0319. The molecule has 1 aromatic carbocycles. The number of rotatable bonds is 6. The van der Waals surface area contributed by atoms with E-state index in [9.17, 15) is 4.39 Å². The summed E-state index contributed by atoms with van der Waals surface area (Å²) in [5, 5.41) is 3.52. The zero-order chi connectivity index (χ0) is 13.7. The van der Waals surface area contributed by atoms with Gasteiger partial charge in [-0.2, -0.15) is 0 Å². The van der Waals surface area contributed by atoms with Crippen molar-refractivity contribution >= 4 is 0 Å². The molecular weight excluding hydrogens is 241 g/mol. The van der Waals surface area contributed by atoms with Crippen molar-refractivity contribution in [3.8, 4) is 0 Å². The standard InChI is InChI=1S/C16H24FNO/c1-3-10-18-15(16-9-8-12(2)19-16)11-13-6-4-5-7-14(13)17/h4-7,12,15-16,18H,3,8-11H2,1-2H3. The van der Waals surface area contributed by atoms with Gasteiger partial charge in [0.1, 0.15) is 5.82 Å². The van der Waals surface area contributed by atoms with Crippen molar-refractivity contribution in [1.82, 2.24) is 5.32 Å². The van der Waals surface area contributed by atoms with Gasteiger partial charge in [-0.15, -0.1) is 0 Å². The number of benzene rings is 1. The molecule has 1 aliphatic heterocycles. The third kappa shape index (κ3) is 4.02. The van der Waals surface area contributed by atoms with Crippen LogP contribution in [-0.4, -0.2) is 24.8 Å². The zero-order valence-corrected chi connectivity index (χ0v) is 11.9. The Morgan fingerprint density at radius 1 is 1.37 bits per heavy atom. The molecule has 0 radical (unpaired) electrons.